The van der Waals surface area contributed by atoms with Gasteiger partial charge in [0.25, 0.3) is 0 Å². The quantitative estimate of drug-likeness (QED) is 0.752. The van der Waals surface area contributed by atoms with Crippen LogP contribution in [0.25, 0.3) is 10.9 Å². The number of ketones is 1. The molecule has 0 bridgehead atoms. The number of aromatic nitrogens is 1. The molecule has 2 heteroatoms. The maximum absolute atomic E-state index is 11.3. The van der Waals surface area contributed by atoms with Crippen molar-refractivity contribution in [3.05, 3.63) is 36.0 Å². The zero-order chi connectivity index (χ0) is 10.3. The van der Waals surface area contributed by atoms with E-state index in [1.807, 2.05) is 6.07 Å². The second kappa shape index (κ2) is 3.23. The van der Waals surface area contributed by atoms with Crippen molar-refractivity contribution in [2.24, 2.45) is 0 Å². The lowest BCUT2D eigenvalue weighted by molar-refractivity contribution is -0.117. The minimum Gasteiger partial charge on any atom is -0.361 e. The summed E-state index contributed by atoms with van der Waals surface area (Å²) in [6.45, 7) is 0. The summed E-state index contributed by atoms with van der Waals surface area (Å²) in [5.74, 6) is 0.846. The highest BCUT2D eigenvalue weighted by Crippen LogP contribution is 2.35. The molecule has 1 unspecified atom stereocenters. The Hall–Kier alpha value is -1.57. The molecule has 3 rings (SSSR count). The van der Waals surface area contributed by atoms with Crippen LogP contribution in [0.3, 0.4) is 0 Å². The Morgan fingerprint density at radius 3 is 2.93 bits per heavy atom. The topological polar surface area (TPSA) is 32.9 Å². The highest BCUT2D eigenvalue weighted by molar-refractivity contribution is 5.87. The summed E-state index contributed by atoms with van der Waals surface area (Å²) < 4.78 is 0. The lowest BCUT2D eigenvalue weighted by atomic mass is 9.97. The average Bonchev–Trinajstić information content (AvgIpc) is 2.83. The fourth-order valence-corrected chi connectivity index (χ4v) is 2.51. The van der Waals surface area contributed by atoms with Crippen molar-refractivity contribution < 1.29 is 4.79 Å². The predicted octanol–water partition coefficient (Wildman–Crippen LogP) is 3.00. The molecule has 1 aromatic carbocycles. The summed E-state index contributed by atoms with van der Waals surface area (Å²) in [6.07, 6.45) is 4.56. The Morgan fingerprint density at radius 1 is 1.27 bits per heavy atom. The van der Waals surface area contributed by atoms with E-state index >= 15 is 0 Å². The summed E-state index contributed by atoms with van der Waals surface area (Å²) in [6, 6.07) is 8.29. The average molecular weight is 199 g/mol. The first-order chi connectivity index (χ1) is 7.34. The molecule has 0 spiro atoms. The fraction of sp³-hybridized carbons (Fsp3) is 0.308. The molecular weight excluding hydrogens is 186 g/mol. The van der Waals surface area contributed by atoms with Gasteiger partial charge in [-0.3, -0.25) is 4.79 Å². The van der Waals surface area contributed by atoms with Gasteiger partial charge in [0.2, 0.25) is 0 Å². The zero-order valence-electron chi connectivity index (χ0n) is 8.49. The molecule has 1 fully saturated rings. The van der Waals surface area contributed by atoms with Gasteiger partial charge in [0.1, 0.15) is 5.78 Å². The SMILES string of the molecule is O=C1CCC(c2c[nH]c3ccccc23)C1. The van der Waals surface area contributed by atoms with Crippen molar-refractivity contribution in [3.8, 4) is 0 Å². The zero-order valence-corrected chi connectivity index (χ0v) is 8.49. The van der Waals surface area contributed by atoms with Crippen molar-refractivity contribution >= 4 is 16.7 Å². The number of fused-ring (bicyclic) bond motifs is 1. The maximum atomic E-state index is 11.3. The second-order valence-electron chi connectivity index (χ2n) is 4.27. The smallest absolute Gasteiger partial charge is 0.133 e. The monoisotopic (exact) mass is 199 g/mol. The maximum Gasteiger partial charge on any atom is 0.133 e. The third-order valence-electron chi connectivity index (χ3n) is 3.31. The number of rotatable bonds is 1. The van der Waals surface area contributed by atoms with Gasteiger partial charge in [0.15, 0.2) is 0 Å². The number of Topliss-reactive ketones (excluding diaryl/α,β-unsaturated/α-hetero) is 1. The largest absolute Gasteiger partial charge is 0.361 e. The van der Waals surface area contributed by atoms with E-state index in [0.717, 1.165) is 19.3 Å². The molecule has 1 aliphatic carbocycles. The van der Waals surface area contributed by atoms with Gasteiger partial charge in [0.05, 0.1) is 0 Å². The molecule has 1 heterocycles. The number of nitrogens with one attached hydrogen (secondary N) is 1. The van der Waals surface area contributed by atoms with Crippen molar-refractivity contribution in [1.29, 1.82) is 0 Å². The Bertz CT molecular complexity index is 512. The van der Waals surface area contributed by atoms with E-state index in [9.17, 15) is 4.79 Å². The van der Waals surface area contributed by atoms with Crippen molar-refractivity contribution in [1.82, 2.24) is 4.98 Å². The van der Waals surface area contributed by atoms with Gasteiger partial charge >= 0.3 is 0 Å². The highest BCUT2D eigenvalue weighted by atomic mass is 16.1. The third kappa shape index (κ3) is 1.37. The number of aromatic amines is 1. The van der Waals surface area contributed by atoms with Crippen molar-refractivity contribution in [3.63, 3.8) is 0 Å². The van der Waals surface area contributed by atoms with E-state index < -0.39 is 0 Å². The minimum atomic E-state index is 0.408. The molecule has 2 nitrogen and oxygen atoms in total. The van der Waals surface area contributed by atoms with Gasteiger partial charge in [-0.1, -0.05) is 18.2 Å². The normalized spacial score (nSPS) is 21.3. The molecule has 1 aliphatic rings. The summed E-state index contributed by atoms with van der Waals surface area (Å²) in [4.78, 5) is 14.5. The number of hydrogen-bond donors (Lipinski definition) is 1. The number of H-pyrrole nitrogens is 1. The van der Waals surface area contributed by atoms with E-state index in [2.05, 4.69) is 29.4 Å². The summed E-state index contributed by atoms with van der Waals surface area (Å²) >= 11 is 0. The summed E-state index contributed by atoms with van der Waals surface area (Å²) in [5, 5.41) is 1.28. The van der Waals surface area contributed by atoms with Gasteiger partial charge < -0.3 is 4.98 Å². The van der Waals surface area contributed by atoms with Crippen LogP contribution in [0, 0.1) is 0 Å². The molecule has 1 aromatic heterocycles. The van der Waals surface area contributed by atoms with E-state index in [1.54, 1.807) is 0 Å². The Morgan fingerprint density at radius 2 is 2.13 bits per heavy atom. The molecule has 2 aromatic rings. The standard InChI is InChI=1S/C13H13NO/c15-10-6-5-9(7-10)12-8-14-13-4-2-1-3-11(12)13/h1-4,8-9,14H,5-7H2. The van der Waals surface area contributed by atoms with E-state index in [-0.39, 0.29) is 0 Å². The van der Waals surface area contributed by atoms with Crippen LogP contribution < -0.4 is 0 Å². The predicted molar refractivity (Wildman–Crippen MR) is 59.9 cm³/mol. The van der Waals surface area contributed by atoms with Gasteiger partial charge in [0, 0.05) is 29.9 Å². The second-order valence-corrected chi connectivity index (χ2v) is 4.27. The van der Waals surface area contributed by atoms with E-state index in [1.165, 1.54) is 16.5 Å². The Kier molecular flexibility index (Phi) is 1.88. The molecule has 1 saturated carbocycles. The molecule has 0 amide bonds. The van der Waals surface area contributed by atoms with Crippen LogP contribution in [0.15, 0.2) is 30.5 Å². The van der Waals surface area contributed by atoms with Crippen LogP contribution in [0.5, 0.6) is 0 Å². The summed E-state index contributed by atoms with van der Waals surface area (Å²) in [7, 11) is 0. The molecule has 76 valence electrons. The molecule has 0 radical (unpaired) electrons. The Balaban J connectivity index is 2.07. The molecule has 15 heavy (non-hydrogen) atoms. The first kappa shape index (κ1) is 8.72. The van der Waals surface area contributed by atoms with E-state index in [0.29, 0.717) is 11.7 Å². The highest BCUT2D eigenvalue weighted by Gasteiger charge is 2.25. The van der Waals surface area contributed by atoms with Crippen molar-refractivity contribution in [2.45, 2.75) is 25.2 Å². The number of benzene rings is 1. The van der Waals surface area contributed by atoms with Crippen LogP contribution in [0.2, 0.25) is 0 Å². The van der Waals surface area contributed by atoms with Crippen LogP contribution >= 0.6 is 0 Å². The molecule has 1 N–H and O–H groups in total. The minimum absolute atomic E-state index is 0.408. The third-order valence-corrected chi connectivity index (χ3v) is 3.31. The van der Waals surface area contributed by atoms with Crippen LogP contribution in [0.4, 0.5) is 0 Å². The van der Waals surface area contributed by atoms with Crippen LogP contribution in [0.1, 0.15) is 30.7 Å². The number of hydrogen-bond acceptors (Lipinski definition) is 1. The lowest BCUT2D eigenvalue weighted by Gasteiger charge is -2.05. The molecular formula is C13H13NO. The fourth-order valence-electron chi connectivity index (χ4n) is 2.51. The van der Waals surface area contributed by atoms with Gasteiger partial charge in [-0.2, -0.15) is 0 Å². The van der Waals surface area contributed by atoms with Crippen molar-refractivity contribution in [2.75, 3.05) is 0 Å². The number of para-hydroxylation sites is 1. The molecule has 0 aliphatic heterocycles. The summed E-state index contributed by atoms with van der Waals surface area (Å²) in [5.41, 5.74) is 2.49. The molecule has 1 atom stereocenters. The first-order valence-corrected chi connectivity index (χ1v) is 5.42. The number of carbonyl (C=O) groups is 1. The van der Waals surface area contributed by atoms with Gasteiger partial charge in [-0.05, 0) is 24.0 Å². The first-order valence-electron chi connectivity index (χ1n) is 5.42. The number of carbonyl (C=O) groups excluding carboxylic acids is 1. The van der Waals surface area contributed by atoms with Gasteiger partial charge in [-0.15, -0.1) is 0 Å². The Labute approximate surface area is 88.3 Å². The van der Waals surface area contributed by atoms with Gasteiger partial charge in [-0.25, -0.2) is 0 Å². The van der Waals surface area contributed by atoms with E-state index in [4.69, 9.17) is 0 Å². The molecule has 0 saturated heterocycles. The van der Waals surface area contributed by atoms with Crippen LogP contribution in [-0.4, -0.2) is 10.8 Å². The lowest BCUT2D eigenvalue weighted by Crippen LogP contribution is -1.92. The van der Waals surface area contributed by atoms with Crippen LogP contribution in [-0.2, 0) is 4.79 Å².